The first-order valence-corrected chi connectivity index (χ1v) is 16.4. The van der Waals surface area contributed by atoms with Crippen LogP contribution in [0.1, 0.15) is 62.1 Å². The van der Waals surface area contributed by atoms with Crippen LogP contribution in [0.25, 0.3) is 0 Å². The highest BCUT2D eigenvalue weighted by molar-refractivity contribution is 6.00. The summed E-state index contributed by atoms with van der Waals surface area (Å²) in [5.74, 6) is -0.317. The Bertz CT molecular complexity index is 1770. The molecule has 0 saturated carbocycles. The Kier molecular flexibility index (Phi) is 8.30. The summed E-state index contributed by atoms with van der Waals surface area (Å²) in [6, 6.07) is 24.7. The highest BCUT2D eigenvalue weighted by atomic mass is 16.5. The van der Waals surface area contributed by atoms with Crippen molar-refractivity contribution >= 4 is 17.8 Å². The molecule has 0 spiro atoms. The summed E-state index contributed by atoms with van der Waals surface area (Å²) in [6.07, 6.45) is 5.36. The second kappa shape index (κ2) is 12.7. The molecule has 2 aromatic heterocycles. The van der Waals surface area contributed by atoms with Crippen LogP contribution in [0, 0.1) is 5.92 Å². The summed E-state index contributed by atoms with van der Waals surface area (Å²) in [5.41, 5.74) is 3.70. The molecular weight excluding hydrogens is 592 g/mol. The lowest BCUT2D eigenvalue weighted by Crippen LogP contribution is -2.58. The number of rotatable bonds is 9. The van der Waals surface area contributed by atoms with Gasteiger partial charge in [-0.2, -0.15) is 0 Å². The predicted octanol–water partition coefficient (Wildman–Crippen LogP) is 4.94. The van der Waals surface area contributed by atoms with E-state index in [1.54, 1.807) is 30.3 Å². The molecule has 9 heteroatoms. The quantitative estimate of drug-likeness (QED) is 0.243. The van der Waals surface area contributed by atoms with E-state index < -0.39 is 11.5 Å². The number of hydrogen-bond donors (Lipinski definition) is 0. The zero-order valence-electron chi connectivity index (χ0n) is 26.9. The molecule has 2 aromatic carbocycles. The Hall–Kier alpha value is -4.92. The molecule has 2 fully saturated rings. The number of likely N-dealkylation sites (tertiary alicyclic amines) is 2. The van der Waals surface area contributed by atoms with Crippen molar-refractivity contribution in [2.75, 3.05) is 33.9 Å². The molecule has 2 aliphatic heterocycles. The molecule has 4 heterocycles. The molecule has 1 aliphatic carbocycles. The fraction of sp³-hybridized carbons (Fsp3) is 0.368. The lowest BCUT2D eigenvalue weighted by atomic mass is 9.75. The van der Waals surface area contributed by atoms with Crippen LogP contribution in [0.5, 0.6) is 5.75 Å². The average molecular weight is 633 g/mol. The predicted molar refractivity (Wildman–Crippen MR) is 176 cm³/mol. The number of ether oxygens (including phenoxy) is 2. The van der Waals surface area contributed by atoms with Gasteiger partial charge in [0.1, 0.15) is 11.4 Å². The van der Waals surface area contributed by atoms with E-state index in [1.807, 2.05) is 71.6 Å². The van der Waals surface area contributed by atoms with E-state index in [-0.39, 0.29) is 30.1 Å². The van der Waals surface area contributed by atoms with Crippen LogP contribution in [-0.2, 0) is 35.3 Å². The van der Waals surface area contributed by atoms with Gasteiger partial charge in [0.05, 0.1) is 14.2 Å². The fourth-order valence-corrected chi connectivity index (χ4v) is 8.14. The number of pyridine rings is 1. The Morgan fingerprint density at radius 1 is 0.915 bits per heavy atom. The molecule has 2 amide bonds. The largest absolute Gasteiger partial charge is 0.497 e. The number of carbonyl (C=O) groups excluding carboxylic acids is 3. The maximum atomic E-state index is 14.4. The second-order valence-corrected chi connectivity index (χ2v) is 12.8. The minimum atomic E-state index is -1.33. The summed E-state index contributed by atoms with van der Waals surface area (Å²) in [6.45, 7) is 2.47. The summed E-state index contributed by atoms with van der Waals surface area (Å²) in [5, 5.41) is 0. The SMILES string of the molecule is COC(=O)[C@@]1(Cc2ccc(OC)cc2)[C@H]2c3cc(C(=O)N4CCCC4)n(CCc4ccccn4)c3C[C@H]2CN1C(=O)c1ccccc1. The lowest BCUT2D eigenvalue weighted by molar-refractivity contribution is -0.153. The smallest absolute Gasteiger partial charge is 0.332 e. The van der Waals surface area contributed by atoms with Crippen molar-refractivity contribution in [2.45, 2.75) is 50.1 Å². The van der Waals surface area contributed by atoms with Crippen LogP contribution in [0.15, 0.2) is 85.1 Å². The molecule has 242 valence electrons. The van der Waals surface area contributed by atoms with Crippen molar-refractivity contribution in [3.05, 3.63) is 119 Å². The van der Waals surface area contributed by atoms with Crippen LogP contribution in [0.2, 0.25) is 0 Å². The zero-order chi connectivity index (χ0) is 32.5. The monoisotopic (exact) mass is 632 g/mol. The van der Waals surface area contributed by atoms with Crippen LogP contribution in [-0.4, -0.2) is 76.5 Å². The van der Waals surface area contributed by atoms with Gasteiger partial charge in [0, 0.05) is 68.1 Å². The molecule has 0 N–H and O–H groups in total. The third kappa shape index (κ3) is 5.37. The molecule has 0 radical (unpaired) electrons. The number of methoxy groups -OCH3 is 2. The van der Waals surface area contributed by atoms with E-state index in [9.17, 15) is 14.4 Å². The van der Waals surface area contributed by atoms with E-state index in [4.69, 9.17) is 9.47 Å². The molecule has 0 unspecified atom stereocenters. The van der Waals surface area contributed by atoms with E-state index in [2.05, 4.69) is 9.55 Å². The van der Waals surface area contributed by atoms with Crippen LogP contribution >= 0.6 is 0 Å². The van der Waals surface area contributed by atoms with E-state index in [1.165, 1.54) is 7.11 Å². The normalized spacial score (nSPS) is 21.4. The Balaban J connectivity index is 1.36. The van der Waals surface area contributed by atoms with Gasteiger partial charge in [-0.15, -0.1) is 0 Å². The molecule has 2 saturated heterocycles. The van der Waals surface area contributed by atoms with Crippen molar-refractivity contribution < 1.29 is 23.9 Å². The van der Waals surface area contributed by atoms with Gasteiger partial charge < -0.3 is 23.8 Å². The maximum Gasteiger partial charge on any atom is 0.332 e. The van der Waals surface area contributed by atoms with Crippen molar-refractivity contribution in [1.29, 1.82) is 0 Å². The second-order valence-electron chi connectivity index (χ2n) is 12.8. The first-order chi connectivity index (χ1) is 22.9. The molecule has 3 atom stereocenters. The number of amides is 2. The van der Waals surface area contributed by atoms with Crippen LogP contribution in [0.3, 0.4) is 0 Å². The van der Waals surface area contributed by atoms with Gasteiger partial charge in [-0.05, 0) is 78.8 Å². The average Bonchev–Trinajstić information content (AvgIpc) is 3.90. The maximum absolute atomic E-state index is 14.4. The van der Waals surface area contributed by atoms with Gasteiger partial charge in [0.15, 0.2) is 5.54 Å². The molecule has 4 aromatic rings. The number of aromatic nitrogens is 2. The standard InChI is InChI=1S/C38H40N4O5/c1-46-30-15-13-26(14-16-30)24-38(37(45)47-2)34-28(25-42(38)35(43)27-10-4-3-5-11-27)22-32-31(34)23-33(36(44)40-19-8-9-20-40)41(32)21-17-29-12-6-7-18-39-29/h3-7,10-16,18,23,28,34H,8-9,17,19-22,24-25H2,1-2H3/t28-,34+,38+/m0/s1. The van der Waals surface area contributed by atoms with Gasteiger partial charge in [0.25, 0.3) is 11.8 Å². The van der Waals surface area contributed by atoms with Gasteiger partial charge in [-0.1, -0.05) is 36.4 Å². The van der Waals surface area contributed by atoms with E-state index in [0.29, 0.717) is 42.9 Å². The Morgan fingerprint density at radius 2 is 1.66 bits per heavy atom. The van der Waals surface area contributed by atoms with Crippen molar-refractivity contribution in [3.8, 4) is 5.75 Å². The number of aryl methyl sites for hydroxylation is 1. The number of esters is 1. The highest BCUT2D eigenvalue weighted by Gasteiger charge is 2.64. The number of nitrogens with zero attached hydrogens (tertiary/aromatic N) is 4. The van der Waals surface area contributed by atoms with E-state index >= 15 is 0 Å². The van der Waals surface area contributed by atoms with Gasteiger partial charge in [-0.3, -0.25) is 14.6 Å². The topological polar surface area (TPSA) is 94.0 Å². The Morgan fingerprint density at radius 3 is 2.34 bits per heavy atom. The van der Waals surface area contributed by atoms with Crippen molar-refractivity contribution in [1.82, 2.24) is 19.4 Å². The molecule has 0 bridgehead atoms. The van der Waals surface area contributed by atoms with Gasteiger partial charge in [0.2, 0.25) is 0 Å². The lowest BCUT2D eigenvalue weighted by Gasteiger charge is -2.40. The first-order valence-electron chi connectivity index (χ1n) is 16.4. The number of fused-ring (bicyclic) bond motifs is 3. The molecule has 3 aliphatic rings. The van der Waals surface area contributed by atoms with Crippen molar-refractivity contribution in [2.24, 2.45) is 5.92 Å². The third-order valence-electron chi connectivity index (χ3n) is 10.3. The zero-order valence-corrected chi connectivity index (χ0v) is 26.9. The Labute approximate surface area is 275 Å². The fourth-order valence-electron chi connectivity index (χ4n) is 8.14. The van der Waals surface area contributed by atoms with E-state index in [0.717, 1.165) is 48.4 Å². The first kappa shape index (κ1) is 30.7. The highest BCUT2D eigenvalue weighted by Crippen LogP contribution is 2.55. The number of benzene rings is 2. The minimum absolute atomic E-state index is 0.0171. The molecular formula is C38H40N4O5. The summed E-state index contributed by atoms with van der Waals surface area (Å²) >= 11 is 0. The summed E-state index contributed by atoms with van der Waals surface area (Å²) < 4.78 is 13.2. The van der Waals surface area contributed by atoms with Crippen LogP contribution in [0.4, 0.5) is 0 Å². The minimum Gasteiger partial charge on any atom is -0.497 e. The molecule has 47 heavy (non-hydrogen) atoms. The molecule has 7 rings (SSSR count). The van der Waals surface area contributed by atoms with Gasteiger partial charge in [-0.25, -0.2) is 4.79 Å². The third-order valence-corrected chi connectivity index (χ3v) is 10.3. The summed E-state index contributed by atoms with van der Waals surface area (Å²) in [7, 11) is 3.01. The molecule has 9 nitrogen and oxygen atoms in total. The van der Waals surface area contributed by atoms with Gasteiger partial charge >= 0.3 is 5.97 Å². The van der Waals surface area contributed by atoms with Crippen LogP contribution < -0.4 is 4.74 Å². The summed E-state index contributed by atoms with van der Waals surface area (Å²) in [4.78, 5) is 51.0. The number of hydrogen-bond acceptors (Lipinski definition) is 6. The van der Waals surface area contributed by atoms with Crippen molar-refractivity contribution in [3.63, 3.8) is 0 Å². The number of carbonyl (C=O) groups is 3.